The second-order valence-electron chi connectivity index (χ2n) is 6.95. The van der Waals surface area contributed by atoms with Crippen LogP contribution < -0.4 is 11.5 Å². The quantitative estimate of drug-likeness (QED) is 0.555. The third kappa shape index (κ3) is 3.00. The van der Waals surface area contributed by atoms with Crippen molar-refractivity contribution in [3.8, 4) is 0 Å². The van der Waals surface area contributed by atoms with E-state index in [-0.39, 0.29) is 24.4 Å². The molecule has 114 valence electrons. The van der Waals surface area contributed by atoms with Gasteiger partial charge in [0.25, 0.3) is 0 Å². The summed E-state index contributed by atoms with van der Waals surface area (Å²) in [6.07, 6.45) is 4.30. The monoisotopic (exact) mass is 284 g/mol. The van der Waals surface area contributed by atoms with Gasteiger partial charge in [0.2, 0.25) is 0 Å². The molecule has 4 atom stereocenters. The molecule has 6 nitrogen and oxygen atoms in total. The summed E-state index contributed by atoms with van der Waals surface area (Å²) >= 11 is 0. The molecule has 4 saturated heterocycles. The van der Waals surface area contributed by atoms with Crippen LogP contribution in [-0.2, 0) is 18.9 Å². The van der Waals surface area contributed by atoms with Crippen molar-refractivity contribution >= 4 is 0 Å². The molecule has 0 aromatic heterocycles. The summed E-state index contributed by atoms with van der Waals surface area (Å²) in [5.41, 5.74) is 12.7. The molecule has 0 aromatic rings. The Balaban J connectivity index is 1.53. The number of nitrogens with two attached hydrogens (primary N) is 2. The molecule has 20 heavy (non-hydrogen) atoms. The normalized spacial score (nSPS) is 43.5. The van der Waals surface area contributed by atoms with Gasteiger partial charge < -0.3 is 30.4 Å². The minimum Gasteiger partial charge on any atom is -0.373 e. The molecule has 0 bridgehead atoms. The molecular formula is C14H24N2O4. The van der Waals surface area contributed by atoms with Crippen LogP contribution in [0.1, 0.15) is 25.7 Å². The maximum absolute atomic E-state index is 6.81. The van der Waals surface area contributed by atoms with Crippen LogP contribution in [0.5, 0.6) is 0 Å². The first-order valence-electron chi connectivity index (χ1n) is 7.61. The summed E-state index contributed by atoms with van der Waals surface area (Å²) in [4.78, 5) is 0. The van der Waals surface area contributed by atoms with E-state index in [9.17, 15) is 0 Å². The van der Waals surface area contributed by atoms with Crippen molar-refractivity contribution in [1.29, 1.82) is 0 Å². The SMILES string of the molecule is NC(CC1CO1)(CC1CO1)C(N)(CC1CO1)CC1CO1. The van der Waals surface area contributed by atoms with Gasteiger partial charge in [0.1, 0.15) is 0 Å². The minimum absolute atomic E-state index is 0.266. The van der Waals surface area contributed by atoms with Crippen molar-refractivity contribution < 1.29 is 18.9 Å². The molecule has 6 heteroatoms. The molecule has 4 fully saturated rings. The number of hydrogen-bond acceptors (Lipinski definition) is 6. The van der Waals surface area contributed by atoms with Gasteiger partial charge in [-0.15, -0.1) is 0 Å². The Morgan fingerprint density at radius 2 is 0.800 bits per heavy atom. The summed E-state index contributed by atoms with van der Waals surface area (Å²) in [5, 5.41) is 0. The molecule has 0 spiro atoms. The summed E-state index contributed by atoms with van der Waals surface area (Å²) in [5.74, 6) is 0. The molecule has 0 aromatic carbocycles. The Morgan fingerprint density at radius 1 is 0.600 bits per heavy atom. The van der Waals surface area contributed by atoms with Gasteiger partial charge in [-0.05, 0) is 25.7 Å². The van der Waals surface area contributed by atoms with Gasteiger partial charge in [0.05, 0.1) is 50.8 Å². The zero-order valence-corrected chi connectivity index (χ0v) is 11.8. The van der Waals surface area contributed by atoms with E-state index in [2.05, 4.69) is 0 Å². The van der Waals surface area contributed by atoms with E-state index >= 15 is 0 Å². The van der Waals surface area contributed by atoms with E-state index in [0.29, 0.717) is 0 Å². The maximum Gasteiger partial charge on any atom is 0.0828 e. The maximum atomic E-state index is 6.81. The highest BCUT2D eigenvalue weighted by Crippen LogP contribution is 2.42. The molecule has 4 aliphatic rings. The van der Waals surface area contributed by atoms with Crippen LogP contribution >= 0.6 is 0 Å². The Labute approximate surface area is 119 Å². The van der Waals surface area contributed by atoms with Crippen molar-refractivity contribution in [3.63, 3.8) is 0 Å². The van der Waals surface area contributed by atoms with E-state index in [4.69, 9.17) is 30.4 Å². The Hall–Kier alpha value is -0.240. The minimum atomic E-state index is -0.465. The standard InChI is InChI=1S/C14H24N2O4/c15-13(1-9-5-17-9,2-10-6-18-10)14(16,3-11-7-19-11)4-12-8-20-12/h9-12H,1-8,15-16H2. The van der Waals surface area contributed by atoms with Crippen LogP contribution in [0.2, 0.25) is 0 Å². The van der Waals surface area contributed by atoms with Crippen molar-refractivity contribution in [3.05, 3.63) is 0 Å². The zero-order chi connectivity index (χ0) is 13.8. The molecule has 4 unspecified atom stereocenters. The predicted molar refractivity (Wildman–Crippen MR) is 71.3 cm³/mol. The lowest BCUT2D eigenvalue weighted by Gasteiger charge is -2.46. The summed E-state index contributed by atoms with van der Waals surface area (Å²) < 4.78 is 21.6. The number of hydrogen-bond donors (Lipinski definition) is 2. The smallest absolute Gasteiger partial charge is 0.0828 e. The average Bonchev–Trinajstić information content (AvgIpc) is 3.15. The first-order chi connectivity index (χ1) is 9.56. The van der Waals surface area contributed by atoms with Crippen molar-refractivity contribution in [1.82, 2.24) is 0 Å². The van der Waals surface area contributed by atoms with Crippen molar-refractivity contribution in [2.45, 2.75) is 61.2 Å². The van der Waals surface area contributed by atoms with Gasteiger partial charge >= 0.3 is 0 Å². The highest BCUT2D eigenvalue weighted by atomic mass is 16.6. The van der Waals surface area contributed by atoms with E-state index < -0.39 is 11.1 Å². The molecule has 0 radical (unpaired) electrons. The summed E-state index contributed by atoms with van der Waals surface area (Å²) in [6, 6.07) is 0. The van der Waals surface area contributed by atoms with Gasteiger partial charge in [0, 0.05) is 11.1 Å². The predicted octanol–water partition coefficient (Wildman–Crippen LogP) is -0.463. The number of rotatable bonds is 9. The lowest BCUT2D eigenvalue weighted by Crippen LogP contribution is -2.68. The van der Waals surface area contributed by atoms with E-state index in [1.165, 1.54) is 0 Å². The molecule has 4 heterocycles. The second kappa shape index (κ2) is 4.63. The zero-order valence-electron chi connectivity index (χ0n) is 11.8. The number of epoxide rings is 4. The van der Waals surface area contributed by atoms with Gasteiger partial charge in [-0.2, -0.15) is 0 Å². The van der Waals surface area contributed by atoms with Crippen LogP contribution in [0.4, 0.5) is 0 Å². The third-order valence-corrected chi connectivity index (χ3v) is 4.97. The first kappa shape index (κ1) is 13.4. The summed E-state index contributed by atoms with van der Waals surface area (Å²) in [7, 11) is 0. The molecule has 4 N–H and O–H groups in total. The topological polar surface area (TPSA) is 102 Å². The highest BCUT2D eigenvalue weighted by Gasteiger charge is 2.55. The summed E-state index contributed by atoms with van der Waals surface area (Å²) in [6.45, 7) is 3.22. The van der Waals surface area contributed by atoms with E-state index in [1.807, 2.05) is 0 Å². The number of ether oxygens (including phenoxy) is 4. The average molecular weight is 284 g/mol. The first-order valence-corrected chi connectivity index (χ1v) is 7.61. The molecule has 0 amide bonds. The Kier molecular flexibility index (Phi) is 3.11. The van der Waals surface area contributed by atoms with Gasteiger partial charge in [-0.25, -0.2) is 0 Å². The van der Waals surface area contributed by atoms with Crippen LogP contribution in [0, 0.1) is 0 Å². The molecule has 4 rings (SSSR count). The van der Waals surface area contributed by atoms with Crippen molar-refractivity contribution in [2.24, 2.45) is 11.5 Å². The van der Waals surface area contributed by atoms with E-state index in [1.54, 1.807) is 0 Å². The van der Waals surface area contributed by atoms with E-state index in [0.717, 1.165) is 52.1 Å². The lowest BCUT2D eigenvalue weighted by atomic mass is 9.67. The van der Waals surface area contributed by atoms with Crippen molar-refractivity contribution in [2.75, 3.05) is 26.4 Å². The van der Waals surface area contributed by atoms with Crippen LogP contribution in [-0.4, -0.2) is 61.9 Å². The second-order valence-corrected chi connectivity index (χ2v) is 6.95. The molecular weight excluding hydrogens is 260 g/mol. The highest BCUT2D eigenvalue weighted by molar-refractivity contribution is 5.14. The molecule has 0 saturated carbocycles. The van der Waals surface area contributed by atoms with Crippen LogP contribution in [0.3, 0.4) is 0 Å². The molecule has 4 aliphatic heterocycles. The van der Waals surface area contributed by atoms with Crippen LogP contribution in [0.15, 0.2) is 0 Å². The van der Waals surface area contributed by atoms with Gasteiger partial charge in [-0.3, -0.25) is 0 Å². The Morgan fingerprint density at radius 3 is 0.950 bits per heavy atom. The van der Waals surface area contributed by atoms with Crippen LogP contribution in [0.25, 0.3) is 0 Å². The largest absolute Gasteiger partial charge is 0.373 e. The fourth-order valence-electron chi connectivity index (χ4n) is 3.35. The third-order valence-electron chi connectivity index (χ3n) is 4.97. The molecule has 0 aliphatic carbocycles. The fourth-order valence-corrected chi connectivity index (χ4v) is 3.35. The lowest BCUT2D eigenvalue weighted by molar-refractivity contribution is 0.121. The van der Waals surface area contributed by atoms with Gasteiger partial charge in [0.15, 0.2) is 0 Å². The Bertz CT molecular complexity index is 311. The van der Waals surface area contributed by atoms with Gasteiger partial charge in [-0.1, -0.05) is 0 Å². The fraction of sp³-hybridized carbons (Fsp3) is 1.00.